The summed E-state index contributed by atoms with van der Waals surface area (Å²) in [4.78, 5) is 0. The molecule has 82 valence electrons. The Hall–Kier alpha value is -1.09. The Kier molecular flexibility index (Phi) is 2.65. The smallest absolute Gasteiger partial charge is 0.123 e. The largest absolute Gasteiger partial charge is 0.508 e. The highest BCUT2D eigenvalue weighted by Crippen LogP contribution is 2.40. The summed E-state index contributed by atoms with van der Waals surface area (Å²) in [7, 11) is 0. The summed E-state index contributed by atoms with van der Waals surface area (Å²) < 4.78 is 13.0. The van der Waals surface area contributed by atoms with Gasteiger partial charge in [-0.15, -0.1) is 0 Å². The van der Waals surface area contributed by atoms with Gasteiger partial charge >= 0.3 is 0 Å². The van der Waals surface area contributed by atoms with E-state index in [4.69, 9.17) is 0 Å². The molecule has 1 aliphatic carbocycles. The zero-order valence-electron chi connectivity index (χ0n) is 8.54. The first kappa shape index (κ1) is 10.4. The molecule has 2 nitrogen and oxygen atoms in total. The minimum absolute atomic E-state index is 0.0131. The molecule has 0 spiro atoms. The highest BCUT2D eigenvalue weighted by Gasteiger charge is 2.33. The van der Waals surface area contributed by atoms with E-state index in [-0.39, 0.29) is 5.75 Å². The molecule has 1 aromatic carbocycles. The fraction of sp³-hybridized carbons (Fsp3) is 0.500. The number of hydrogen-bond acceptors (Lipinski definition) is 2. The maximum Gasteiger partial charge on any atom is 0.123 e. The van der Waals surface area contributed by atoms with Gasteiger partial charge in [0.15, 0.2) is 0 Å². The number of rotatable bonds is 1. The maximum atomic E-state index is 13.0. The van der Waals surface area contributed by atoms with Gasteiger partial charge in [0.05, 0.1) is 5.60 Å². The van der Waals surface area contributed by atoms with Crippen LogP contribution in [0.5, 0.6) is 5.75 Å². The van der Waals surface area contributed by atoms with Crippen molar-refractivity contribution in [2.75, 3.05) is 0 Å². The normalized spacial score (nSPS) is 20.1. The van der Waals surface area contributed by atoms with Crippen LogP contribution in [0.2, 0.25) is 0 Å². The van der Waals surface area contributed by atoms with Gasteiger partial charge < -0.3 is 10.2 Å². The van der Waals surface area contributed by atoms with Gasteiger partial charge in [0.1, 0.15) is 11.6 Å². The summed E-state index contributed by atoms with van der Waals surface area (Å²) in [5.74, 6) is -0.428. The molecular formula is C12H15FO2. The van der Waals surface area contributed by atoms with Crippen molar-refractivity contribution in [2.45, 2.75) is 37.7 Å². The third-order valence-electron chi connectivity index (χ3n) is 3.14. The van der Waals surface area contributed by atoms with Crippen LogP contribution in [0, 0.1) is 5.82 Å². The fourth-order valence-corrected chi connectivity index (χ4v) is 2.29. The topological polar surface area (TPSA) is 40.5 Å². The van der Waals surface area contributed by atoms with Gasteiger partial charge in [-0.3, -0.25) is 0 Å². The lowest BCUT2D eigenvalue weighted by Crippen LogP contribution is -2.28. The number of aliphatic hydroxyl groups is 1. The molecular weight excluding hydrogens is 195 g/mol. The first-order chi connectivity index (χ1) is 7.12. The number of phenolic OH excluding ortho intramolecular Hbond substituents is 1. The molecule has 0 atom stereocenters. The number of phenols is 1. The van der Waals surface area contributed by atoms with Gasteiger partial charge in [-0.2, -0.15) is 0 Å². The molecule has 1 aromatic rings. The summed E-state index contributed by atoms with van der Waals surface area (Å²) in [5, 5.41) is 19.9. The highest BCUT2D eigenvalue weighted by molar-refractivity contribution is 5.37. The van der Waals surface area contributed by atoms with Crippen molar-refractivity contribution in [3.63, 3.8) is 0 Å². The van der Waals surface area contributed by atoms with Crippen LogP contribution in [0.3, 0.4) is 0 Å². The number of hydrogen-bond donors (Lipinski definition) is 2. The van der Waals surface area contributed by atoms with Crippen molar-refractivity contribution >= 4 is 0 Å². The van der Waals surface area contributed by atoms with Crippen LogP contribution in [-0.4, -0.2) is 10.2 Å². The minimum Gasteiger partial charge on any atom is -0.508 e. The summed E-state index contributed by atoms with van der Waals surface area (Å²) in [6.07, 6.45) is 4.14. The lowest BCUT2D eigenvalue weighted by Gasteiger charge is -2.32. The highest BCUT2D eigenvalue weighted by atomic mass is 19.1. The summed E-state index contributed by atoms with van der Waals surface area (Å²) in [6, 6.07) is 3.74. The molecule has 2 N–H and O–H groups in total. The van der Waals surface area contributed by atoms with Crippen molar-refractivity contribution in [3.8, 4) is 5.75 Å². The van der Waals surface area contributed by atoms with Gasteiger partial charge in [0.2, 0.25) is 0 Å². The maximum absolute atomic E-state index is 13.0. The van der Waals surface area contributed by atoms with E-state index in [0.717, 1.165) is 19.3 Å². The third kappa shape index (κ3) is 1.97. The van der Waals surface area contributed by atoms with Crippen molar-refractivity contribution in [3.05, 3.63) is 29.6 Å². The molecule has 0 saturated heterocycles. The SMILES string of the molecule is Oc1ccc(F)cc1C1(O)CCCCC1. The van der Waals surface area contributed by atoms with Gasteiger partial charge in [0, 0.05) is 5.56 Å². The lowest BCUT2D eigenvalue weighted by atomic mass is 9.79. The Morgan fingerprint density at radius 3 is 2.47 bits per heavy atom. The van der Waals surface area contributed by atoms with E-state index in [1.54, 1.807) is 0 Å². The van der Waals surface area contributed by atoms with Crippen LogP contribution in [0.1, 0.15) is 37.7 Å². The summed E-state index contributed by atoms with van der Waals surface area (Å²) in [6.45, 7) is 0. The zero-order chi connectivity index (χ0) is 10.9. The van der Waals surface area contributed by atoms with E-state index >= 15 is 0 Å². The standard InChI is InChI=1S/C12H15FO2/c13-9-4-5-11(14)10(8-9)12(15)6-2-1-3-7-12/h4-5,8,14-15H,1-3,6-7H2. The summed E-state index contributed by atoms with van der Waals surface area (Å²) in [5.41, 5.74) is -0.702. The van der Waals surface area contributed by atoms with E-state index < -0.39 is 11.4 Å². The zero-order valence-corrected chi connectivity index (χ0v) is 8.54. The number of halogens is 1. The Balaban J connectivity index is 2.38. The molecule has 1 fully saturated rings. The van der Waals surface area contributed by atoms with Crippen molar-refractivity contribution < 1.29 is 14.6 Å². The van der Waals surface area contributed by atoms with Crippen molar-refractivity contribution in [1.29, 1.82) is 0 Å². The fourth-order valence-electron chi connectivity index (χ4n) is 2.29. The minimum atomic E-state index is -1.04. The first-order valence-corrected chi connectivity index (χ1v) is 5.33. The molecule has 1 saturated carbocycles. The van der Waals surface area contributed by atoms with Gasteiger partial charge in [-0.1, -0.05) is 19.3 Å². The van der Waals surface area contributed by atoms with Crippen molar-refractivity contribution in [2.24, 2.45) is 0 Å². The molecule has 0 heterocycles. The summed E-state index contributed by atoms with van der Waals surface area (Å²) >= 11 is 0. The number of aromatic hydroxyl groups is 1. The predicted molar refractivity (Wildman–Crippen MR) is 55.0 cm³/mol. The average Bonchev–Trinajstić information content (AvgIpc) is 2.23. The predicted octanol–water partition coefficient (Wildman–Crippen LogP) is 2.68. The Labute approximate surface area is 88.4 Å². The van der Waals surface area contributed by atoms with Crippen LogP contribution >= 0.6 is 0 Å². The van der Waals surface area contributed by atoms with Gasteiger partial charge in [0.25, 0.3) is 0 Å². The number of benzene rings is 1. The van der Waals surface area contributed by atoms with Crippen LogP contribution in [-0.2, 0) is 5.60 Å². The van der Waals surface area contributed by atoms with E-state index in [0.29, 0.717) is 18.4 Å². The van der Waals surface area contributed by atoms with E-state index in [1.807, 2.05) is 0 Å². The quantitative estimate of drug-likeness (QED) is 0.748. The molecule has 0 aliphatic heterocycles. The second kappa shape index (κ2) is 3.81. The Bertz CT molecular complexity index is 357. The molecule has 3 heteroatoms. The average molecular weight is 210 g/mol. The molecule has 0 unspecified atom stereocenters. The molecule has 1 aliphatic rings. The third-order valence-corrected chi connectivity index (χ3v) is 3.14. The molecule has 0 bridgehead atoms. The molecule has 0 radical (unpaired) electrons. The monoisotopic (exact) mass is 210 g/mol. The lowest BCUT2D eigenvalue weighted by molar-refractivity contribution is -0.00279. The van der Waals surface area contributed by atoms with E-state index in [1.165, 1.54) is 18.2 Å². The molecule has 15 heavy (non-hydrogen) atoms. The first-order valence-electron chi connectivity index (χ1n) is 5.33. The van der Waals surface area contributed by atoms with E-state index in [9.17, 15) is 14.6 Å². The molecule has 0 amide bonds. The van der Waals surface area contributed by atoms with Crippen LogP contribution in [0.25, 0.3) is 0 Å². The van der Waals surface area contributed by atoms with Crippen LogP contribution in [0.4, 0.5) is 4.39 Å². The van der Waals surface area contributed by atoms with E-state index in [2.05, 4.69) is 0 Å². The second-order valence-corrected chi connectivity index (χ2v) is 4.25. The van der Waals surface area contributed by atoms with Gasteiger partial charge in [-0.25, -0.2) is 4.39 Å². The molecule has 2 rings (SSSR count). The van der Waals surface area contributed by atoms with Crippen LogP contribution < -0.4 is 0 Å². The van der Waals surface area contributed by atoms with Crippen LogP contribution in [0.15, 0.2) is 18.2 Å². The van der Waals surface area contributed by atoms with Gasteiger partial charge in [-0.05, 0) is 31.0 Å². The molecule has 0 aromatic heterocycles. The van der Waals surface area contributed by atoms with Crippen molar-refractivity contribution in [1.82, 2.24) is 0 Å². The second-order valence-electron chi connectivity index (χ2n) is 4.25. The Morgan fingerprint density at radius 2 is 1.80 bits per heavy atom. The Morgan fingerprint density at radius 1 is 1.13 bits per heavy atom.